The van der Waals surface area contributed by atoms with Gasteiger partial charge in [0.25, 0.3) is 0 Å². The molecule has 1 aromatic carbocycles. The zero-order valence-electron chi connectivity index (χ0n) is 12.1. The molecule has 21 heavy (non-hydrogen) atoms. The van der Waals surface area contributed by atoms with Crippen molar-refractivity contribution in [2.45, 2.75) is 13.5 Å². The fourth-order valence-electron chi connectivity index (χ4n) is 2.64. The normalized spacial score (nSPS) is 16.6. The lowest BCUT2D eigenvalue weighted by Gasteiger charge is -2.33. The third-order valence-corrected chi connectivity index (χ3v) is 3.95. The summed E-state index contributed by atoms with van der Waals surface area (Å²) < 4.78 is 0. The first-order valence-electron chi connectivity index (χ1n) is 7.16. The van der Waals surface area contributed by atoms with E-state index in [0.29, 0.717) is 18.9 Å². The lowest BCUT2D eigenvalue weighted by Crippen LogP contribution is -2.49. The summed E-state index contributed by atoms with van der Waals surface area (Å²) in [6.45, 7) is 5.85. The van der Waals surface area contributed by atoms with E-state index in [1.807, 2.05) is 23.1 Å². The maximum absolute atomic E-state index is 12.1. The highest BCUT2D eigenvalue weighted by Gasteiger charge is 2.22. The van der Waals surface area contributed by atoms with Gasteiger partial charge in [0.1, 0.15) is 12.1 Å². The largest absolute Gasteiger partial charge is 0.383 e. The van der Waals surface area contributed by atoms with E-state index in [2.05, 4.69) is 21.8 Å². The van der Waals surface area contributed by atoms with E-state index >= 15 is 0 Å². The summed E-state index contributed by atoms with van der Waals surface area (Å²) in [6.07, 6.45) is 1.46. The van der Waals surface area contributed by atoms with Crippen molar-refractivity contribution >= 4 is 22.6 Å². The van der Waals surface area contributed by atoms with E-state index in [-0.39, 0.29) is 5.91 Å². The van der Waals surface area contributed by atoms with Gasteiger partial charge in [-0.15, -0.1) is 0 Å². The number of amides is 1. The van der Waals surface area contributed by atoms with Crippen molar-refractivity contribution in [1.82, 2.24) is 19.8 Å². The smallest absolute Gasteiger partial charge is 0.237 e. The Morgan fingerprint density at radius 1 is 1.29 bits per heavy atom. The van der Waals surface area contributed by atoms with Gasteiger partial charge >= 0.3 is 0 Å². The molecule has 6 heteroatoms. The number of aromatic nitrogens is 2. The van der Waals surface area contributed by atoms with Crippen LogP contribution in [0.5, 0.6) is 0 Å². The number of carbonyl (C=O) groups excluding carboxylic acids is 1. The van der Waals surface area contributed by atoms with Crippen LogP contribution in [-0.2, 0) is 11.3 Å². The topological polar surface area (TPSA) is 75.3 Å². The van der Waals surface area contributed by atoms with E-state index in [0.717, 1.165) is 36.1 Å². The average molecular weight is 285 g/mol. The predicted molar refractivity (Wildman–Crippen MR) is 81.5 cm³/mol. The quantitative estimate of drug-likeness (QED) is 0.906. The van der Waals surface area contributed by atoms with Crippen molar-refractivity contribution in [3.63, 3.8) is 0 Å². The molecule has 3 rings (SSSR count). The third-order valence-electron chi connectivity index (χ3n) is 3.95. The standard InChI is InChI=1S/C15H19N5O/c1-2-19-5-6-20(14(21)9-19)8-11-3-4-12-13(7-11)17-10-18-15(12)16/h3-4,7,10H,2,5-6,8-9H2,1H3,(H2,16,17,18). The maximum Gasteiger partial charge on any atom is 0.237 e. The number of rotatable bonds is 3. The van der Waals surface area contributed by atoms with Gasteiger partial charge in [-0.2, -0.15) is 0 Å². The van der Waals surface area contributed by atoms with Crippen molar-refractivity contribution in [3.8, 4) is 0 Å². The van der Waals surface area contributed by atoms with Gasteiger partial charge in [0.15, 0.2) is 0 Å². The molecule has 1 fully saturated rings. The number of nitrogens with two attached hydrogens (primary N) is 1. The Bertz CT molecular complexity index is 672. The SMILES string of the molecule is CCN1CCN(Cc2ccc3c(N)ncnc3c2)C(=O)C1. The monoisotopic (exact) mass is 285 g/mol. The van der Waals surface area contributed by atoms with Crippen LogP contribution in [0.2, 0.25) is 0 Å². The number of fused-ring (bicyclic) bond motifs is 1. The van der Waals surface area contributed by atoms with Crippen LogP contribution in [-0.4, -0.2) is 51.9 Å². The van der Waals surface area contributed by atoms with Crippen LogP contribution in [0.1, 0.15) is 12.5 Å². The molecular formula is C15H19N5O. The zero-order valence-corrected chi connectivity index (χ0v) is 12.1. The molecule has 1 aromatic heterocycles. The molecule has 1 aliphatic rings. The highest BCUT2D eigenvalue weighted by Crippen LogP contribution is 2.19. The summed E-state index contributed by atoms with van der Waals surface area (Å²) in [4.78, 5) is 24.4. The number of piperazine rings is 1. The van der Waals surface area contributed by atoms with Gasteiger partial charge in [0.2, 0.25) is 5.91 Å². The molecule has 0 saturated carbocycles. The van der Waals surface area contributed by atoms with Gasteiger partial charge in [-0.25, -0.2) is 9.97 Å². The Hall–Kier alpha value is -2.21. The van der Waals surface area contributed by atoms with E-state index in [1.54, 1.807) is 0 Å². The third kappa shape index (κ3) is 2.80. The first-order valence-corrected chi connectivity index (χ1v) is 7.16. The number of nitrogens with zero attached hydrogens (tertiary/aromatic N) is 4. The summed E-state index contributed by atoms with van der Waals surface area (Å²) in [5.74, 6) is 0.671. The summed E-state index contributed by atoms with van der Waals surface area (Å²) in [5, 5.41) is 0.850. The van der Waals surface area contributed by atoms with Gasteiger partial charge in [0.05, 0.1) is 12.1 Å². The van der Waals surface area contributed by atoms with Crippen molar-refractivity contribution in [3.05, 3.63) is 30.1 Å². The first-order chi connectivity index (χ1) is 10.2. The highest BCUT2D eigenvalue weighted by molar-refractivity contribution is 5.88. The minimum absolute atomic E-state index is 0.186. The van der Waals surface area contributed by atoms with Crippen LogP contribution in [0.3, 0.4) is 0 Å². The van der Waals surface area contributed by atoms with Crippen LogP contribution in [0, 0.1) is 0 Å². The molecule has 0 spiro atoms. The molecule has 0 unspecified atom stereocenters. The summed E-state index contributed by atoms with van der Waals surface area (Å²) in [6, 6.07) is 5.89. The Morgan fingerprint density at radius 3 is 2.90 bits per heavy atom. The molecule has 1 aliphatic heterocycles. The summed E-state index contributed by atoms with van der Waals surface area (Å²) >= 11 is 0. The second kappa shape index (κ2) is 5.65. The van der Waals surface area contributed by atoms with Crippen LogP contribution in [0.4, 0.5) is 5.82 Å². The Balaban J connectivity index is 1.78. The van der Waals surface area contributed by atoms with Gasteiger partial charge < -0.3 is 10.6 Å². The molecular weight excluding hydrogens is 266 g/mol. The van der Waals surface area contributed by atoms with E-state index < -0.39 is 0 Å². The first kappa shape index (κ1) is 13.8. The number of hydrogen-bond acceptors (Lipinski definition) is 5. The van der Waals surface area contributed by atoms with Crippen molar-refractivity contribution in [2.24, 2.45) is 0 Å². The molecule has 2 heterocycles. The predicted octanol–water partition coefficient (Wildman–Crippen LogP) is 0.876. The molecule has 0 aliphatic carbocycles. The molecule has 2 N–H and O–H groups in total. The number of likely N-dealkylation sites (N-methyl/N-ethyl adjacent to an activating group) is 1. The fourth-order valence-corrected chi connectivity index (χ4v) is 2.64. The fraction of sp³-hybridized carbons (Fsp3) is 0.400. The summed E-state index contributed by atoms with van der Waals surface area (Å²) in [7, 11) is 0. The Kier molecular flexibility index (Phi) is 3.70. The lowest BCUT2D eigenvalue weighted by molar-refractivity contribution is -0.136. The maximum atomic E-state index is 12.1. The van der Waals surface area contributed by atoms with Crippen LogP contribution >= 0.6 is 0 Å². The molecule has 1 saturated heterocycles. The summed E-state index contributed by atoms with van der Waals surface area (Å²) in [5.41, 5.74) is 7.71. The molecule has 0 atom stereocenters. The van der Waals surface area contributed by atoms with Crippen LogP contribution in [0.25, 0.3) is 10.9 Å². The minimum Gasteiger partial charge on any atom is -0.383 e. The van der Waals surface area contributed by atoms with Gasteiger partial charge in [-0.1, -0.05) is 13.0 Å². The lowest BCUT2D eigenvalue weighted by atomic mass is 10.1. The molecule has 1 amide bonds. The van der Waals surface area contributed by atoms with Gasteiger partial charge in [0, 0.05) is 25.0 Å². The van der Waals surface area contributed by atoms with Gasteiger partial charge in [-0.05, 0) is 24.2 Å². The Labute approximate surface area is 123 Å². The van der Waals surface area contributed by atoms with E-state index in [4.69, 9.17) is 5.73 Å². The van der Waals surface area contributed by atoms with Gasteiger partial charge in [-0.3, -0.25) is 9.69 Å². The van der Waals surface area contributed by atoms with Crippen molar-refractivity contribution < 1.29 is 4.79 Å². The highest BCUT2D eigenvalue weighted by atomic mass is 16.2. The molecule has 0 bridgehead atoms. The molecule has 6 nitrogen and oxygen atoms in total. The minimum atomic E-state index is 0.186. The van der Waals surface area contributed by atoms with E-state index in [9.17, 15) is 4.79 Å². The number of anilines is 1. The number of hydrogen-bond donors (Lipinski definition) is 1. The molecule has 110 valence electrons. The van der Waals surface area contributed by atoms with Crippen molar-refractivity contribution in [2.75, 3.05) is 31.9 Å². The average Bonchev–Trinajstić information content (AvgIpc) is 2.49. The molecule has 2 aromatic rings. The second-order valence-corrected chi connectivity index (χ2v) is 5.29. The zero-order chi connectivity index (χ0) is 14.8. The van der Waals surface area contributed by atoms with Crippen LogP contribution < -0.4 is 5.73 Å². The van der Waals surface area contributed by atoms with E-state index in [1.165, 1.54) is 6.33 Å². The number of nitrogen functional groups attached to an aromatic ring is 1. The Morgan fingerprint density at radius 2 is 2.14 bits per heavy atom. The number of benzene rings is 1. The number of carbonyl (C=O) groups is 1. The van der Waals surface area contributed by atoms with Crippen molar-refractivity contribution in [1.29, 1.82) is 0 Å². The molecule has 0 radical (unpaired) electrons. The van der Waals surface area contributed by atoms with Crippen LogP contribution in [0.15, 0.2) is 24.5 Å². The second-order valence-electron chi connectivity index (χ2n) is 5.29.